The van der Waals surface area contributed by atoms with Crippen molar-refractivity contribution in [3.63, 3.8) is 0 Å². The molecule has 0 amide bonds. The van der Waals surface area contributed by atoms with Crippen molar-refractivity contribution in [2.24, 2.45) is 5.84 Å². The molecule has 2 aromatic heterocycles. The fraction of sp³-hybridized carbons (Fsp3) is 0.0769. The molecule has 0 saturated heterocycles. The summed E-state index contributed by atoms with van der Waals surface area (Å²) in [5, 5.41) is 0. The maximum Gasteiger partial charge on any atom is 0.260 e. The number of nitrogens with two attached hydrogens (primary N) is 1. The molecule has 0 unspecified atom stereocenters. The molecule has 0 aliphatic rings. The number of anilines is 1. The Morgan fingerprint density at radius 1 is 1.35 bits per heavy atom. The summed E-state index contributed by atoms with van der Waals surface area (Å²) >= 11 is 3.49. The van der Waals surface area contributed by atoms with Crippen molar-refractivity contribution in [1.29, 1.82) is 0 Å². The number of halogens is 1. The number of ether oxygens (including phenoxy) is 1. The van der Waals surface area contributed by atoms with Crippen molar-refractivity contribution >= 4 is 27.4 Å². The molecule has 20 heavy (non-hydrogen) atoms. The molecule has 3 aromatic rings. The number of imidazole rings is 1. The maximum atomic E-state index is 5.77. The van der Waals surface area contributed by atoms with Crippen LogP contribution in [0.3, 0.4) is 0 Å². The van der Waals surface area contributed by atoms with Crippen molar-refractivity contribution < 1.29 is 4.74 Å². The lowest BCUT2D eigenvalue weighted by Gasteiger charge is -2.09. The second-order valence-corrected chi connectivity index (χ2v) is 4.97. The van der Waals surface area contributed by atoms with Gasteiger partial charge in [0.05, 0.1) is 6.20 Å². The van der Waals surface area contributed by atoms with Crippen LogP contribution in [0, 0.1) is 0 Å². The molecular weight excluding hydrogens is 322 g/mol. The minimum Gasteiger partial charge on any atom is -0.470 e. The van der Waals surface area contributed by atoms with Gasteiger partial charge >= 0.3 is 0 Å². The van der Waals surface area contributed by atoms with Crippen LogP contribution in [-0.2, 0) is 6.61 Å². The van der Waals surface area contributed by atoms with Crippen LogP contribution in [0.15, 0.2) is 47.3 Å². The summed E-state index contributed by atoms with van der Waals surface area (Å²) in [5.41, 5.74) is 4.19. The standard InChI is InChI=1S/C13H12BrN5O/c14-10-4-2-1-3-9(10)8-20-13-12-16-5-6-19(12)7-11(17-13)18-15/h1-7,18H,8,15H2. The van der Waals surface area contributed by atoms with Gasteiger partial charge in [-0.3, -0.25) is 4.40 Å². The number of aromatic nitrogens is 3. The molecule has 0 saturated carbocycles. The van der Waals surface area contributed by atoms with Crippen LogP contribution in [0.5, 0.6) is 5.88 Å². The van der Waals surface area contributed by atoms with Crippen LogP contribution >= 0.6 is 15.9 Å². The van der Waals surface area contributed by atoms with Gasteiger partial charge < -0.3 is 10.2 Å². The molecule has 102 valence electrons. The third kappa shape index (κ3) is 2.45. The number of hydrogen-bond acceptors (Lipinski definition) is 5. The second-order valence-electron chi connectivity index (χ2n) is 4.11. The summed E-state index contributed by atoms with van der Waals surface area (Å²) in [7, 11) is 0. The predicted molar refractivity (Wildman–Crippen MR) is 79.3 cm³/mol. The Hall–Kier alpha value is -2.12. The Bertz CT molecular complexity index is 742. The van der Waals surface area contributed by atoms with E-state index >= 15 is 0 Å². The van der Waals surface area contributed by atoms with E-state index in [4.69, 9.17) is 10.6 Å². The fourth-order valence-electron chi connectivity index (χ4n) is 1.83. The summed E-state index contributed by atoms with van der Waals surface area (Å²) in [5.74, 6) is 6.34. The van der Waals surface area contributed by atoms with E-state index in [9.17, 15) is 0 Å². The Balaban J connectivity index is 1.90. The number of nitrogens with zero attached hydrogens (tertiary/aromatic N) is 3. The second kappa shape index (κ2) is 5.48. The van der Waals surface area contributed by atoms with Crippen LogP contribution in [-0.4, -0.2) is 14.4 Å². The highest BCUT2D eigenvalue weighted by Gasteiger charge is 2.09. The molecule has 0 aliphatic carbocycles. The number of nitrogens with one attached hydrogen (secondary N) is 1. The number of nitrogen functional groups attached to an aromatic ring is 1. The van der Waals surface area contributed by atoms with Gasteiger partial charge in [-0.2, -0.15) is 4.98 Å². The van der Waals surface area contributed by atoms with Crippen molar-refractivity contribution in [3.05, 3.63) is 52.9 Å². The summed E-state index contributed by atoms with van der Waals surface area (Å²) < 4.78 is 8.56. The van der Waals surface area contributed by atoms with Gasteiger partial charge in [-0.25, -0.2) is 10.8 Å². The Labute approximate surface area is 123 Å². The van der Waals surface area contributed by atoms with Gasteiger partial charge in [0, 0.05) is 22.4 Å². The molecule has 7 heteroatoms. The smallest absolute Gasteiger partial charge is 0.260 e. The highest BCUT2D eigenvalue weighted by Crippen LogP contribution is 2.22. The van der Waals surface area contributed by atoms with E-state index in [0.29, 0.717) is 24.0 Å². The third-order valence-electron chi connectivity index (χ3n) is 2.81. The number of hydrogen-bond donors (Lipinski definition) is 2. The molecule has 3 N–H and O–H groups in total. The van der Waals surface area contributed by atoms with Gasteiger partial charge in [0.15, 0.2) is 5.82 Å². The van der Waals surface area contributed by atoms with Crippen LogP contribution in [0.25, 0.3) is 5.65 Å². The van der Waals surface area contributed by atoms with Crippen LogP contribution < -0.4 is 16.0 Å². The first kappa shape index (κ1) is 12.9. The highest BCUT2D eigenvalue weighted by atomic mass is 79.9. The highest BCUT2D eigenvalue weighted by molar-refractivity contribution is 9.10. The van der Waals surface area contributed by atoms with Gasteiger partial charge in [0.1, 0.15) is 6.61 Å². The molecule has 0 aliphatic heterocycles. The Kier molecular flexibility index (Phi) is 3.53. The lowest BCUT2D eigenvalue weighted by atomic mass is 10.2. The fourth-order valence-corrected chi connectivity index (χ4v) is 2.23. The van der Waals surface area contributed by atoms with E-state index in [1.165, 1.54) is 0 Å². The van der Waals surface area contributed by atoms with E-state index in [1.54, 1.807) is 16.8 Å². The van der Waals surface area contributed by atoms with Crippen molar-refractivity contribution in [1.82, 2.24) is 14.4 Å². The number of benzene rings is 1. The molecule has 2 heterocycles. The zero-order valence-corrected chi connectivity index (χ0v) is 12.0. The minimum absolute atomic E-state index is 0.394. The largest absolute Gasteiger partial charge is 0.470 e. The first-order valence-electron chi connectivity index (χ1n) is 5.94. The normalized spacial score (nSPS) is 10.7. The average Bonchev–Trinajstić information content (AvgIpc) is 2.94. The predicted octanol–water partition coefficient (Wildman–Crippen LogP) is 2.36. The zero-order valence-electron chi connectivity index (χ0n) is 10.5. The van der Waals surface area contributed by atoms with E-state index in [2.05, 4.69) is 31.3 Å². The topological polar surface area (TPSA) is 77.5 Å². The molecular formula is C13H12BrN5O. The first-order valence-corrected chi connectivity index (χ1v) is 6.74. The lowest BCUT2D eigenvalue weighted by molar-refractivity contribution is 0.295. The quantitative estimate of drug-likeness (QED) is 0.566. The Morgan fingerprint density at radius 2 is 2.20 bits per heavy atom. The molecule has 0 radical (unpaired) electrons. The lowest BCUT2D eigenvalue weighted by Crippen LogP contribution is -2.11. The summed E-state index contributed by atoms with van der Waals surface area (Å²) in [4.78, 5) is 8.50. The van der Waals surface area contributed by atoms with Crippen LogP contribution in [0.4, 0.5) is 5.82 Å². The van der Waals surface area contributed by atoms with Crippen molar-refractivity contribution in [2.45, 2.75) is 6.61 Å². The van der Waals surface area contributed by atoms with Crippen molar-refractivity contribution in [2.75, 3.05) is 5.43 Å². The molecule has 3 rings (SSSR count). The summed E-state index contributed by atoms with van der Waals surface area (Å²) in [6, 6.07) is 7.87. The third-order valence-corrected chi connectivity index (χ3v) is 3.59. The van der Waals surface area contributed by atoms with Crippen molar-refractivity contribution in [3.8, 4) is 5.88 Å². The van der Waals surface area contributed by atoms with Gasteiger partial charge in [0.2, 0.25) is 5.65 Å². The summed E-state index contributed by atoms with van der Waals surface area (Å²) in [6.07, 6.45) is 5.24. The van der Waals surface area contributed by atoms with E-state index in [-0.39, 0.29) is 0 Å². The molecule has 1 aromatic carbocycles. The molecule has 0 atom stereocenters. The molecule has 0 spiro atoms. The van der Waals surface area contributed by atoms with E-state index in [0.717, 1.165) is 10.0 Å². The number of fused-ring (bicyclic) bond motifs is 1. The van der Waals surface area contributed by atoms with Gasteiger partial charge in [0.25, 0.3) is 5.88 Å². The monoisotopic (exact) mass is 333 g/mol. The zero-order chi connectivity index (χ0) is 13.9. The van der Waals surface area contributed by atoms with Gasteiger partial charge in [-0.1, -0.05) is 34.1 Å². The number of hydrazine groups is 1. The van der Waals surface area contributed by atoms with Crippen LogP contribution in [0.2, 0.25) is 0 Å². The molecule has 0 fully saturated rings. The minimum atomic E-state index is 0.394. The van der Waals surface area contributed by atoms with Crippen LogP contribution in [0.1, 0.15) is 5.56 Å². The molecule has 0 bridgehead atoms. The van der Waals surface area contributed by atoms with E-state index in [1.807, 2.05) is 30.5 Å². The van der Waals surface area contributed by atoms with Gasteiger partial charge in [-0.05, 0) is 6.07 Å². The van der Waals surface area contributed by atoms with Gasteiger partial charge in [-0.15, -0.1) is 0 Å². The van der Waals surface area contributed by atoms with E-state index < -0.39 is 0 Å². The number of rotatable bonds is 4. The maximum absolute atomic E-state index is 5.77. The SMILES string of the molecule is NNc1cn2ccnc2c(OCc2ccccc2Br)n1. The summed E-state index contributed by atoms with van der Waals surface area (Å²) in [6.45, 7) is 0.394. The first-order chi connectivity index (χ1) is 9.78. The Morgan fingerprint density at radius 3 is 3.00 bits per heavy atom. The average molecular weight is 334 g/mol. The molecule has 6 nitrogen and oxygen atoms in total.